The highest BCUT2D eigenvalue weighted by Gasteiger charge is 2.13. The van der Waals surface area contributed by atoms with Gasteiger partial charge in [-0.05, 0) is 24.1 Å². The summed E-state index contributed by atoms with van der Waals surface area (Å²) in [6.07, 6.45) is 0. The van der Waals surface area contributed by atoms with Gasteiger partial charge in [0, 0.05) is 18.6 Å². The van der Waals surface area contributed by atoms with Crippen molar-refractivity contribution in [2.45, 2.75) is 19.8 Å². The van der Waals surface area contributed by atoms with Gasteiger partial charge in [0.25, 0.3) is 0 Å². The van der Waals surface area contributed by atoms with Crippen LogP contribution in [0.4, 0.5) is 0 Å². The molecule has 0 radical (unpaired) electrons. The zero-order chi connectivity index (χ0) is 11.4. The zero-order valence-electron chi connectivity index (χ0n) is 9.70. The maximum Gasteiger partial charge on any atom is 0.125 e. The summed E-state index contributed by atoms with van der Waals surface area (Å²) >= 11 is 0. The minimum Gasteiger partial charge on any atom is -0.497 e. The second-order valence-corrected chi connectivity index (χ2v) is 3.63. The first-order valence-corrected chi connectivity index (χ1v) is 4.97. The summed E-state index contributed by atoms with van der Waals surface area (Å²) in [7, 11) is 3.26. The molecule has 0 saturated carbocycles. The maximum atomic E-state index is 9.16. The van der Waals surface area contributed by atoms with Gasteiger partial charge in [-0.15, -0.1) is 0 Å². The van der Waals surface area contributed by atoms with Crippen molar-refractivity contribution in [2.75, 3.05) is 20.8 Å². The van der Waals surface area contributed by atoms with Crippen LogP contribution in [0, 0.1) is 6.92 Å². The van der Waals surface area contributed by atoms with Crippen molar-refractivity contribution in [3.63, 3.8) is 0 Å². The normalized spacial score (nSPS) is 12.3. The monoisotopic (exact) mass is 210 g/mol. The van der Waals surface area contributed by atoms with E-state index in [4.69, 9.17) is 14.6 Å². The molecule has 0 aromatic heterocycles. The molecule has 1 atom stereocenters. The van der Waals surface area contributed by atoms with Gasteiger partial charge in [0.15, 0.2) is 0 Å². The van der Waals surface area contributed by atoms with E-state index in [2.05, 4.69) is 0 Å². The van der Waals surface area contributed by atoms with E-state index >= 15 is 0 Å². The zero-order valence-corrected chi connectivity index (χ0v) is 9.70. The fourth-order valence-corrected chi connectivity index (χ4v) is 1.62. The van der Waals surface area contributed by atoms with Crippen molar-refractivity contribution < 1.29 is 14.6 Å². The van der Waals surface area contributed by atoms with Crippen LogP contribution in [-0.2, 0) is 0 Å². The summed E-state index contributed by atoms with van der Waals surface area (Å²) < 4.78 is 10.4. The molecule has 0 aliphatic rings. The molecule has 0 saturated heterocycles. The van der Waals surface area contributed by atoms with E-state index in [9.17, 15) is 0 Å². The Morgan fingerprint density at radius 3 is 2.40 bits per heavy atom. The Morgan fingerprint density at radius 2 is 1.93 bits per heavy atom. The molecular weight excluding hydrogens is 192 g/mol. The highest BCUT2D eigenvalue weighted by Crippen LogP contribution is 2.32. The number of aliphatic hydroxyl groups is 1. The molecule has 0 heterocycles. The Hall–Kier alpha value is -1.22. The molecule has 1 rings (SSSR count). The van der Waals surface area contributed by atoms with Gasteiger partial charge in [-0.25, -0.2) is 0 Å². The van der Waals surface area contributed by atoms with E-state index in [0.29, 0.717) is 0 Å². The number of methoxy groups -OCH3 is 2. The van der Waals surface area contributed by atoms with E-state index < -0.39 is 0 Å². The van der Waals surface area contributed by atoms with Crippen molar-refractivity contribution in [3.05, 3.63) is 23.3 Å². The number of hydrogen-bond donors (Lipinski definition) is 1. The summed E-state index contributed by atoms with van der Waals surface area (Å²) in [5, 5.41) is 9.16. The molecular formula is C12H18O3. The summed E-state index contributed by atoms with van der Waals surface area (Å²) in [6, 6.07) is 3.79. The van der Waals surface area contributed by atoms with Gasteiger partial charge in [-0.2, -0.15) is 0 Å². The second-order valence-electron chi connectivity index (χ2n) is 3.63. The predicted octanol–water partition coefficient (Wildman–Crippen LogP) is 2.11. The number of ether oxygens (including phenoxy) is 2. The molecule has 15 heavy (non-hydrogen) atoms. The van der Waals surface area contributed by atoms with Crippen LogP contribution in [0.5, 0.6) is 11.5 Å². The van der Waals surface area contributed by atoms with E-state index in [1.165, 1.54) is 0 Å². The largest absolute Gasteiger partial charge is 0.497 e. The third-order valence-electron chi connectivity index (χ3n) is 2.63. The molecule has 1 unspecified atom stereocenters. The standard InChI is InChI=1S/C12H18O3/c1-8(7-13)11-5-10(14-3)6-12(15-4)9(11)2/h5-6,8,13H,7H2,1-4H3. The third kappa shape index (κ3) is 2.42. The molecule has 84 valence electrons. The molecule has 0 aliphatic carbocycles. The fraction of sp³-hybridized carbons (Fsp3) is 0.500. The molecule has 0 bridgehead atoms. The van der Waals surface area contributed by atoms with Crippen molar-refractivity contribution >= 4 is 0 Å². The Labute approximate surface area is 90.6 Å². The molecule has 1 N–H and O–H groups in total. The van der Waals surface area contributed by atoms with E-state index in [-0.39, 0.29) is 12.5 Å². The van der Waals surface area contributed by atoms with Gasteiger partial charge in [0.1, 0.15) is 11.5 Å². The lowest BCUT2D eigenvalue weighted by Crippen LogP contribution is -2.03. The minimum absolute atomic E-state index is 0.0917. The Balaban J connectivity index is 3.23. The van der Waals surface area contributed by atoms with Crippen LogP contribution >= 0.6 is 0 Å². The van der Waals surface area contributed by atoms with Crippen LogP contribution in [0.3, 0.4) is 0 Å². The van der Waals surface area contributed by atoms with Crippen molar-refractivity contribution in [3.8, 4) is 11.5 Å². The lowest BCUT2D eigenvalue weighted by atomic mass is 9.96. The topological polar surface area (TPSA) is 38.7 Å². The van der Waals surface area contributed by atoms with Crippen LogP contribution in [0.15, 0.2) is 12.1 Å². The molecule has 0 amide bonds. The highest BCUT2D eigenvalue weighted by atomic mass is 16.5. The summed E-state index contributed by atoms with van der Waals surface area (Å²) in [4.78, 5) is 0. The average molecular weight is 210 g/mol. The van der Waals surface area contributed by atoms with Gasteiger partial charge in [0.2, 0.25) is 0 Å². The molecule has 0 spiro atoms. The fourth-order valence-electron chi connectivity index (χ4n) is 1.62. The first-order valence-electron chi connectivity index (χ1n) is 4.97. The van der Waals surface area contributed by atoms with E-state index in [1.807, 2.05) is 26.0 Å². The maximum absolute atomic E-state index is 9.16. The number of rotatable bonds is 4. The van der Waals surface area contributed by atoms with Crippen LogP contribution in [-0.4, -0.2) is 25.9 Å². The molecule has 3 nitrogen and oxygen atoms in total. The van der Waals surface area contributed by atoms with Gasteiger partial charge in [-0.3, -0.25) is 0 Å². The van der Waals surface area contributed by atoms with Crippen molar-refractivity contribution in [1.82, 2.24) is 0 Å². The lowest BCUT2D eigenvalue weighted by Gasteiger charge is -2.16. The minimum atomic E-state index is 0.0917. The van der Waals surface area contributed by atoms with Crippen LogP contribution < -0.4 is 9.47 Å². The first-order chi connectivity index (χ1) is 7.13. The summed E-state index contributed by atoms with van der Waals surface area (Å²) in [5.41, 5.74) is 2.12. The van der Waals surface area contributed by atoms with Gasteiger partial charge in [-0.1, -0.05) is 6.92 Å². The average Bonchev–Trinajstić information content (AvgIpc) is 2.28. The van der Waals surface area contributed by atoms with E-state index in [0.717, 1.165) is 22.6 Å². The molecule has 1 aromatic rings. The van der Waals surface area contributed by atoms with Crippen molar-refractivity contribution in [1.29, 1.82) is 0 Å². The quantitative estimate of drug-likeness (QED) is 0.827. The van der Waals surface area contributed by atoms with Crippen LogP contribution in [0.2, 0.25) is 0 Å². The first kappa shape index (κ1) is 11.9. The highest BCUT2D eigenvalue weighted by molar-refractivity contribution is 5.47. The van der Waals surface area contributed by atoms with Gasteiger partial charge in [0.05, 0.1) is 14.2 Å². The number of hydrogen-bond acceptors (Lipinski definition) is 3. The van der Waals surface area contributed by atoms with E-state index in [1.54, 1.807) is 14.2 Å². The Kier molecular flexibility index (Phi) is 3.97. The van der Waals surface area contributed by atoms with Gasteiger partial charge >= 0.3 is 0 Å². The van der Waals surface area contributed by atoms with Crippen molar-refractivity contribution in [2.24, 2.45) is 0 Å². The second kappa shape index (κ2) is 5.03. The third-order valence-corrected chi connectivity index (χ3v) is 2.63. The summed E-state index contributed by atoms with van der Waals surface area (Å²) in [5.74, 6) is 1.64. The van der Waals surface area contributed by atoms with Gasteiger partial charge < -0.3 is 14.6 Å². The number of benzene rings is 1. The van der Waals surface area contributed by atoms with Crippen LogP contribution in [0.25, 0.3) is 0 Å². The molecule has 3 heteroatoms. The predicted molar refractivity (Wildman–Crippen MR) is 59.8 cm³/mol. The Morgan fingerprint density at radius 1 is 1.27 bits per heavy atom. The summed E-state index contributed by atoms with van der Waals surface area (Å²) in [6.45, 7) is 4.08. The lowest BCUT2D eigenvalue weighted by molar-refractivity contribution is 0.272. The van der Waals surface area contributed by atoms with Crippen LogP contribution in [0.1, 0.15) is 24.0 Å². The molecule has 0 fully saturated rings. The number of aliphatic hydroxyl groups excluding tert-OH is 1. The Bertz CT molecular complexity index is 334. The molecule has 1 aromatic carbocycles. The SMILES string of the molecule is COc1cc(OC)c(C)c(C(C)CO)c1. The molecule has 0 aliphatic heterocycles. The smallest absolute Gasteiger partial charge is 0.125 e.